The van der Waals surface area contributed by atoms with Gasteiger partial charge in [-0.3, -0.25) is 14.5 Å². The van der Waals surface area contributed by atoms with E-state index < -0.39 is 6.03 Å². The first-order chi connectivity index (χ1) is 14.1. The second-order valence-electron chi connectivity index (χ2n) is 5.77. The Labute approximate surface area is 178 Å². The van der Waals surface area contributed by atoms with Crippen LogP contribution in [0.15, 0.2) is 63.9 Å². The molecule has 2 amide bonds. The molecule has 0 aliphatic rings. The zero-order valence-corrected chi connectivity index (χ0v) is 17.1. The van der Waals surface area contributed by atoms with E-state index in [1.165, 1.54) is 33.6 Å². The number of aromatic nitrogens is 4. The van der Waals surface area contributed by atoms with E-state index in [1.54, 1.807) is 42.6 Å². The van der Waals surface area contributed by atoms with E-state index in [0.29, 0.717) is 37.3 Å². The number of nitrogens with zero attached hydrogens (tertiary/aromatic N) is 4. The fourth-order valence-corrected chi connectivity index (χ4v) is 4.29. The smallest absolute Gasteiger partial charge is 0.308 e. The van der Waals surface area contributed by atoms with Crippen LogP contribution in [0, 0.1) is 0 Å². The van der Waals surface area contributed by atoms with Gasteiger partial charge < -0.3 is 5.32 Å². The number of carbonyl (C=O) groups is 1. The molecule has 0 unspecified atom stereocenters. The normalized spacial score (nSPS) is 10.8. The minimum Gasteiger partial charge on any atom is -0.308 e. The second-order valence-corrected chi connectivity index (χ2v) is 8.40. The molecule has 0 bridgehead atoms. The fourth-order valence-electron chi connectivity index (χ4n) is 2.46. The van der Waals surface area contributed by atoms with Crippen molar-refractivity contribution in [3.8, 4) is 0 Å². The van der Waals surface area contributed by atoms with Crippen LogP contribution in [0.4, 0.5) is 15.6 Å². The van der Waals surface area contributed by atoms with Gasteiger partial charge in [0.1, 0.15) is 5.65 Å². The number of hydrogen-bond acceptors (Lipinski definition) is 7. The standard InChI is InChI=1S/C18H13ClN6O2S2/c19-11-4-3-5-12(8-11)21-16(27)22-17-23-24-18(29-17)28-10-13-9-15(26)25-7-2-1-6-14(25)20-13/h1-9H,10H2,(H2,21,22,23,27). The molecule has 1 aromatic carbocycles. The van der Waals surface area contributed by atoms with Gasteiger partial charge in [-0.1, -0.05) is 46.8 Å². The third-order valence-corrected chi connectivity index (χ3v) is 5.92. The SMILES string of the molecule is O=C(Nc1cccc(Cl)c1)Nc1nnc(SCc2cc(=O)n3ccccc3n2)s1. The molecule has 2 N–H and O–H groups in total. The summed E-state index contributed by atoms with van der Waals surface area (Å²) >= 11 is 8.52. The van der Waals surface area contributed by atoms with Crippen molar-refractivity contribution in [2.45, 2.75) is 10.1 Å². The van der Waals surface area contributed by atoms with E-state index in [2.05, 4.69) is 25.8 Å². The van der Waals surface area contributed by atoms with Crippen LogP contribution in [-0.2, 0) is 5.75 Å². The topological polar surface area (TPSA) is 101 Å². The molecule has 0 saturated carbocycles. The zero-order chi connectivity index (χ0) is 20.2. The van der Waals surface area contributed by atoms with Crippen molar-refractivity contribution in [3.05, 3.63) is 75.8 Å². The van der Waals surface area contributed by atoms with Crippen LogP contribution in [0.1, 0.15) is 5.69 Å². The summed E-state index contributed by atoms with van der Waals surface area (Å²) in [5, 5.41) is 14.2. The maximum atomic E-state index is 12.1. The molecular weight excluding hydrogens is 432 g/mol. The van der Waals surface area contributed by atoms with Crippen molar-refractivity contribution < 1.29 is 4.79 Å². The number of halogens is 1. The summed E-state index contributed by atoms with van der Waals surface area (Å²) in [7, 11) is 0. The van der Waals surface area contributed by atoms with E-state index in [1.807, 2.05) is 6.07 Å². The fraction of sp³-hybridized carbons (Fsp3) is 0.0556. The number of hydrogen-bond donors (Lipinski definition) is 2. The van der Waals surface area contributed by atoms with E-state index in [4.69, 9.17) is 11.6 Å². The molecule has 29 heavy (non-hydrogen) atoms. The van der Waals surface area contributed by atoms with Crippen LogP contribution >= 0.6 is 34.7 Å². The van der Waals surface area contributed by atoms with Crippen molar-refractivity contribution in [3.63, 3.8) is 0 Å². The molecule has 3 heterocycles. The highest BCUT2D eigenvalue weighted by atomic mass is 35.5. The van der Waals surface area contributed by atoms with Gasteiger partial charge in [-0.25, -0.2) is 9.78 Å². The Balaban J connectivity index is 1.37. The first-order valence-electron chi connectivity index (χ1n) is 8.34. The molecule has 0 aliphatic heterocycles. The molecule has 0 aliphatic carbocycles. The van der Waals surface area contributed by atoms with Crippen LogP contribution < -0.4 is 16.2 Å². The van der Waals surface area contributed by atoms with Crippen LogP contribution in [0.3, 0.4) is 0 Å². The molecular formula is C18H13ClN6O2S2. The molecule has 4 rings (SSSR count). The number of benzene rings is 1. The quantitative estimate of drug-likeness (QED) is 0.354. The van der Waals surface area contributed by atoms with Crippen molar-refractivity contribution in [2.75, 3.05) is 10.6 Å². The predicted octanol–water partition coefficient (Wildman–Crippen LogP) is 4.14. The Hall–Kier alpha value is -2.95. The van der Waals surface area contributed by atoms with Crippen LogP contribution in [0.25, 0.3) is 5.65 Å². The lowest BCUT2D eigenvalue weighted by molar-refractivity contribution is 0.262. The molecule has 146 valence electrons. The molecule has 4 aromatic rings. The Kier molecular flexibility index (Phi) is 5.74. The average Bonchev–Trinajstić information content (AvgIpc) is 3.13. The number of anilines is 2. The predicted molar refractivity (Wildman–Crippen MR) is 115 cm³/mol. The van der Waals surface area contributed by atoms with E-state index in [9.17, 15) is 9.59 Å². The average molecular weight is 445 g/mol. The summed E-state index contributed by atoms with van der Waals surface area (Å²) in [5.74, 6) is 0.462. The molecule has 0 fully saturated rings. The van der Waals surface area contributed by atoms with Gasteiger partial charge in [0.15, 0.2) is 4.34 Å². The van der Waals surface area contributed by atoms with Crippen LogP contribution in [0.5, 0.6) is 0 Å². The van der Waals surface area contributed by atoms with Gasteiger partial charge in [-0.05, 0) is 30.3 Å². The minimum absolute atomic E-state index is 0.136. The largest absolute Gasteiger partial charge is 0.325 e. The number of urea groups is 1. The number of amides is 2. The third kappa shape index (κ3) is 4.91. The maximum Gasteiger partial charge on any atom is 0.325 e. The number of nitrogens with one attached hydrogen (secondary N) is 2. The first-order valence-corrected chi connectivity index (χ1v) is 10.5. The van der Waals surface area contributed by atoms with Gasteiger partial charge in [0.05, 0.1) is 5.69 Å². The number of fused-ring (bicyclic) bond motifs is 1. The van der Waals surface area contributed by atoms with Gasteiger partial charge in [0, 0.05) is 28.7 Å². The van der Waals surface area contributed by atoms with Crippen molar-refractivity contribution >= 4 is 57.2 Å². The third-order valence-electron chi connectivity index (χ3n) is 3.68. The lowest BCUT2D eigenvalue weighted by atomic mass is 10.3. The monoisotopic (exact) mass is 444 g/mol. The Morgan fingerprint density at radius 2 is 2.03 bits per heavy atom. The van der Waals surface area contributed by atoms with Crippen LogP contribution in [-0.4, -0.2) is 25.6 Å². The van der Waals surface area contributed by atoms with Gasteiger partial charge in [0.25, 0.3) is 5.56 Å². The van der Waals surface area contributed by atoms with Gasteiger partial charge in [-0.15, -0.1) is 10.2 Å². The Morgan fingerprint density at radius 1 is 1.14 bits per heavy atom. The summed E-state index contributed by atoms with van der Waals surface area (Å²) in [4.78, 5) is 28.7. The second kappa shape index (κ2) is 8.60. The van der Waals surface area contributed by atoms with Gasteiger partial charge >= 0.3 is 6.03 Å². The number of carbonyl (C=O) groups excluding carboxylic acids is 1. The number of rotatable bonds is 5. The van der Waals surface area contributed by atoms with Crippen molar-refractivity contribution in [1.82, 2.24) is 19.6 Å². The highest BCUT2D eigenvalue weighted by Crippen LogP contribution is 2.28. The first kappa shape index (κ1) is 19.4. The molecule has 3 aromatic heterocycles. The summed E-state index contributed by atoms with van der Waals surface area (Å²) in [6.45, 7) is 0. The molecule has 0 saturated heterocycles. The molecule has 0 atom stereocenters. The summed E-state index contributed by atoms with van der Waals surface area (Å²) in [6.07, 6.45) is 1.68. The van der Waals surface area contributed by atoms with Crippen LogP contribution in [0.2, 0.25) is 5.02 Å². The molecule has 8 nitrogen and oxygen atoms in total. The van der Waals surface area contributed by atoms with E-state index in [-0.39, 0.29) is 5.56 Å². The van der Waals surface area contributed by atoms with E-state index in [0.717, 1.165) is 0 Å². The van der Waals surface area contributed by atoms with Crippen molar-refractivity contribution in [2.24, 2.45) is 0 Å². The Morgan fingerprint density at radius 3 is 2.90 bits per heavy atom. The van der Waals surface area contributed by atoms with Gasteiger partial charge in [-0.2, -0.15) is 0 Å². The molecule has 0 radical (unpaired) electrons. The molecule has 11 heteroatoms. The Bertz CT molecular complexity index is 1240. The molecule has 0 spiro atoms. The lowest BCUT2D eigenvalue weighted by Crippen LogP contribution is -2.19. The highest BCUT2D eigenvalue weighted by Gasteiger charge is 2.10. The summed E-state index contributed by atoms with van der Waals surface area (Å²) < 4.78 is 2.14. The number of pyridine rings is 1. The maximum absolute atomic E-state index is 12.1. The lowest BCUT2D eigenvalue weighted by Gasteiger charge is -2.04. The zero-order valence-electron chi connectivity index (χ0n) is 14.7. The number of thioether (sulfide) groups is 1. The van der Waals surface area contributed by atoms with E-state index >= 15 is 0 Å². The summed E-state index contributed by atoms with van der Waals surface area (Å²) in [6, 6.07) is 13.3. The van der Waals surface area contributed by atoms with Gasteiger partial charge in [0.2, 0.25) is 5.13 Å². The van der Waals surface area contributed by atoms with Crippen molar-refractivity contribution in [1.29, 1.82) is 0 Å². The minimum atomic E-state index is -0.441. The summed E-state index contributed by atoms with van der Waals surface area (Å²) in [5.41, 5.74) is 1.67. The highest BCUT2D eigenvalue weighted by molar-refractivity contribution is 8.00.